The lowest BCUT2D eigenvalue weighted by atomic mass is 10.2. The molecule has 3 N–H and O–H groups in total. The molecule has 0 fully saturated rings. The first-order valence-corrected chi connectivity index (χ1v) is 7.97. The molecular weight excluding hydrogens is 354 g/mol. The van der Waals surface area contributed by atoms with Crippen LogP contribution >= 0.6 is 39.3 Å². The van der Waals surface area contributed by atoms with Crippen molar-refractivity contribution >= 4 is 45.3 Å². The fourth-order valence-corrected chi connectivity index (χ4v) is 2.86. The minimum Gasteiger partial charge on any atom is -0.492 e. The highest BCUT2D eigenvalue weighted by Crippen LogP contribution is 2.28. The minimum absolute atomic E-state index is 0.463. The molecular formula is C12H15BrClNO3S. The second-order valence-corrected chi connectivity index (χ2v) is 6.28. The second kappa shape index (κ2) is 8.68. The third-order valence-corrected chi connectivity index (χ3v) is 4.10. The summed E-state index contributed by atoms with van der Waals surface area (Å²) in [5.41, 5.74) is 5.39. The number of carbonyl (C=O) groups is 1. The number of benzene rings is 1. The molecule has 0 heterocycles. The number of rotatable bonds is 8. The van der Waals surface area contributed by atoms with Crippen molar-refractivity contribution in [1.82, 2.24) is 0 Å². The molecule has 0 aliphatic carbocycles. The highest BCUT2D eigenvalue weighted by molar-refractivity contribution is 9.10. The summed E-state index contributed by atoms with van der Waals surface area (Å²) in [7, 11) is 0. The number of halogens is 2. The highest BCUT2D eigenvalue weighted by atomic mass is 79.9. The number of nitrogens with two attached hydrogens (primary N) is 1. The van der Waals surface area contributed by atoms with Crippen LogP contribution in [0.3, 0.4) is 0 Å². The standard InChI is InChI=1S/C12H15BrClNO3S/c13-9-7-8(14)1-2-11(9)18-4-6-19-5-3-10(15)12(16)17/h1-2,7,10H,3-6,15H2,(H,16,17). The Morgan fingerprint density at radius 3 is 2.89 bits per heavy atom. The first-order chi connectivity index (χ1) is 9.00. The second-order valence-electron chi connectivity index (χ2n) is 3.77. The van der Waals surface area contributed by atoms with Crippen LogP contribution in [0.15, 0.2) is 22.7 Å². The van der Waals surface area contributed by atoms with Crippen LogP contribution in [-0.4, -0.2) is 35.2 Å². The van der Waals surface area contributed by atoms with Gasteiger partial charge in [-0.15, -0.1) is 0 Å². The molecule has 0 radical (unpaired) electrons. The van der Waals surface area contributed by atoms with Gasteiger partial charge in [0.1, 0.15) is 11.8 Å². The summed E-state index contributed by atoms with van der Waals surface area (Å²) in [6.07, 6.45) is 0.463. The molecule has 0 saturated carbocycles. The quantitative estimate of drug-likeness (QED) is 0.690. The number of carboxylic acids is 1. The van der Waals surface area contributed by atoms with Crippen LogP contribution in [0.5, 0.6) is 5.75 Å². The SMILES string of the molecule is NC(CCSCCOc1ccc(Cl)cc1Br)C(=O)O. The van der Waals surface area contributed by atoms with Gasteiger partial charge in [0.05, 0.1) is 11.1 Å². The predicted octanol–water partition coefficient (Wildman–Crippen LogP) is 3.02. The molecule has 1 aromatic carbocycles. The van der Waals surface area contributed by atoms with E-state index in [1.165, 1.54) is 0 Å². The summed E-state index contributed by atoms with van der Waals surface area (Å²) in [6, 6.07) is 4.56. The fraction of sp³-hybridized carbons (Fsp3) is 0.417. The number of carboxylic acid groups (broad SMARTS) is 1. The van der Waals surface area contributed by atoms with Gasteiger partial charge >= 0.3 is 5.97 Å². The minimum atomic E-state index is -0.957. The Balaban J connectivity index is 2.16. The smallest absolute Gasteiger partial charge is 0.320 e. The van der Waals surface area contributed by atoms with Crippen molar-refractivity contribution in [3.05, 3.63) is 27.7 Å². The largest absolute Gasteiger partial charge is 0.492 e. The van der Waals surface area contributed by atoms with Crippen LogP contribution in [0.4, 0.5) is 0 Å². The summed E-state index contributed by atoms with van der Waals surface area (Å²) >= 11 is 10.8. The van der Waals surface area contributed by atoms with E-state index in [2.05, 4.69) is 15.9 Å². The molecule has 0 aliphatic rings. The Kier molecular flexibility index (Phi) is 7.60. The van der Waals surface area contributed by atoms with Crippen LogP contribution in [0.2, 0.25) is 5.02 Å². The van der Waals surface area contributed by atoms with Crippen LogP contribution in [0.1, 0.15) is 6.42 Å². The summed E-state index contributed by atoms with van der Waals surface area (Å²) < 4.78 is 6.39. The van der Waals surface area contributed by atoms with E-state index in [0.29, 0.717) is 23.8 Å². The molecule has 0 aliphatic heterocycles. The summed E-state index contributed by atoms with van der Waals surface area (Å²) in [5.74, 6) is 1.27. The predicted molar refractivity (Wildman–Crippen MR) is 82.2 cm³/mol. The average molecular weight is 369 g/mol. The van der Waals surface area contributed by atoms with Crippen molar-refractivity contribution in [2.24, 2.45) is 5.73 Å². The lowest BCUT2D eigenvalue weighted by Gasteiger charge is -2.09. The molecule has 0 spiro atoms. The van der Waals surface area contributed by atoms with Gasteiger partial charge in [-0.05, 0) is 46.3 Å². The van der Waals surface area contributed by atoms with Crippen molar-refractivity contribution < 1.29 is 14.6 Å². The Morgan fingerprint density at radius 2 is 2.26 bits per heavy atom. The van der Waals surface area contributed by atoms with E-state index in [9.17, 15) is 4.79 Å². The summed E-state index contributed by atoms with van der Waals surface area (Å²) in [6.45, 7) is 0.549. The molecule has 7 heteroatoms. The van der Waals surface area contributed by atoms with E-state index in [1.54, 1.807) is 30.0 Å². The molecule has 1 rings (SSSR count). The molecule has 4 nitrogen and oxygen atoms in total. The Labute approximate surface area is 129 Å². The van der Waals surface area contributed by atoms with E-state index in [0.717, 1.165) is 16.0 Å². The number of thioether (sulfide) groups is 1. The normalized spacial score (nSPS) is 12.2. The van der Waals surface area contributed by atoms with Gasteiger partial charge in [0.2, 0.25) is 0 Å². The molecule has 0 amide bonds. The number of hydrogen-bond acceptors (Lipinski definition) is 4. The van der Waals surface area contributed by atoms with Gasteiger partial charge in [-0.2, -0.15) is 11.8 Å². The molecule has 1 unspecified atom stereocenters. The number of aliphatic carboxylic acids is 1. The van der Waals surface area contributed by atoms with E-state index >= 15 is 0 Å². The van der Waals surface area contributed by atoms with Crippen LogP contribution in [-0.2, 0) is 4.79 Å². The Morgan fingerprint density at radius 1 is 1.53 bits per heavy atom. The van der Waals surface area contributed by atoms with Crippen molar-refractivity contribution in [1.29, 1.82) is 0 Å². The fourth-order valence-electron chi connectivity index (χ4n) is 1.24. The highest BCUT2D eigenvalue weighted by Gasteiger charge is 2.10. The Bertz CT molecular complexity index is 433. The van der Waals surface area contributed by atoms with Gasteiger partial charge in [-0.3, -0.25) is 4.79 Å². The van der Waals surface area contributed by atoms with E-state index in [-0.39, 0.29) is 0 Å². The molecule has 0 saturated heterocycles. The van der Waals surface area contributed by atoms with Gasteiger partial charge in [-0.1, -0.05) is 11.6 Å². The van der Waals surface area contributed by atoms with Gasteiger partial charge < -0.3 is 15.6 Å². The molecule has 1 atom stereocenters. The zero-order valence-electron chi connectivity index (χ0n) is 10.1. The maximum absolute atomic E-state index is 10.5. The molecule has 0 aromatic heterocycles. The zero-order valence-corrected chi connectivity index (χ0v) is 13.3. The third-order valence-electron chi connectivity index (χ3n) is 2.27. The number of ether oxygens (including phenoxy) is 1. The van der Waals surface area contributed by atoms with E-state index in [1.807, 2.05) is 0 Å². The van der Waals surface area contributed by atoms with Gasteiger partial charge in [0.25, 0.3) is 0 Å². The number of hydrogen-bond donors (Lipinski definition) is 2. The maximum Gasteiger partial charge on any atom is 0.320 e. The average Bonchev–Trinajstić information content (AvgIpc) is 2.35. The molecule has 19 heavy (non-hydrogen) atoms. The van der Waals surface area contributed by atoms with Crippen molar-refractivity contribution in [2.75, 3.05) is 18.1 Å². The van der Waals surface area contributed by atoms with Crippen molar-refractivity contribution in [3.8, 4) is 5.75 Å². The Hall–Kier alpha value is -0.430. The first-order valence-electron chi connectivity index (χ1n) is 5.64. The van der Waals surface area contributed by atoms with Crippen molar-refractivity contribution in [3.63, 3.8) is 0 Å². The van der Waals surface area contributed by atoms with Gasteiger partial charge in [0.15, 0.2) is 0 Å². The summed E-state index contributed by atoms with van der Waals surface area (Å²) in [4.78, 5) is 10.5. The van der Waals surface area contributed by atoms with Gasteiger partial charge in [-0.25, -0.2) is 0 Å². The van der Waals surface area contributed by atoms with E-state index in [4.69, 9.17) is 27.2 Å². The lowest BCUT2D eigenvalue weighted by molar-refractivity contribution is -0.138. The topological polar surface area (TPSA) is 72.5 Å². The van der Waals surface area contributed by atoms with Gasteiger partial charge in [0, 0.05) is 10.8 Å². The monoisotopic (exact) mass is 367 g/mol. The van der Waals surface area contributed by atoms with Crippen molar-refractivity contribution in [2.45, 2.75) is 12.5 Å². The lowest BCUT2D eigenvalue weighted by Crippen LogP contribution is -2.30. The van der Waals surface area contributed by atoms with Crippen LogP contribution < -0.4 is 10.5 Å². The zero-order chi connectivity index (χ0) is 14.3. The summed E-state index contributed by atoms with van der Waals surface area (Å²) in [5, 5.41) is 9.26. The first kappa shape index (κ1) is 16.6. The third kappa shape index (κ3) is 6.51. The van der Waals surface area contributed by atoms with E-state index < -0.39 is 12.0 Å². The molecule has 0 bridgehead atoms. The van der Waals surface area contributed by atoms with Crippen LogP contribution in [0, 0.1) is 0 Å². The van der Waals surface area contributed by atoms with Crippen LogP contribution in [0.25, 0.3) is 0 Å². The maximum atomic E-state index is 10.5. The molecule has 106 valence electrons. The molecule has 1 aromatic rings.